The number of carbonyl (C=O) groups is 3. The Morgan fingerprint density at radius 3 is 2.65 bits per heavy atom. The van der Waals surface area contributed by atoms with Crippen LogP contribution < -0.4 is 10.6 Å². The van der Waals surface area contributed by atoms with Gasteiger partial charge in [-0.1, -0.05) is 5.21 Å². The van der Waals surface area contributed by atoms with E-state index >= 15 is 0 Å². The Hall–Kier alpha value is -2.49. The molecule has 3 amide bonds. The first-order valence-corrected chi connectivity index (χ1v) is 5.71. The first-order valence-electron chi connectivity index (χ1n) is 5.71. The summed E-state index contributed by atoms with van der Waals surface area (Å²) in [5.74, 6) is -1.91. The molecule has 1 aromatic heterocycles. The van der Waals surface area contributed by atoms with E-state index < -0.39 is 17.9 Å². The van der Waals surface area contributed by atoms with Crippen LogP contribution in [0.15, 0.2) is 0 Å². The quantitative estimate of drug-likeness (QED) is 0.608. The summed E-state index contributed by atoms with van der Waals surface area (Å²) in [6, 6.07) is -0.635. The van der Waals surface area contributed by atoms with Crippen molar-refractivity contribution in [2.45, 2.75) is 20.1 Å². The van der Waals surface area contributed by atoms with Crippen molar-refractivity contribution in [2.75, 3.05) is 13.7 Å². The zero-order valence-corrected chi connectivity index (χ0v) is 11.0. The number of nitrogens with zero attached hydrogens (tertiary/aromatic N) is 3. The SMILES string of the molecule is CCNC(=O)NC(=O)Cn1nnc(C(=O)O)c1COC. The van der Waals surface area contributed by atoms with E-state index in [4.69, 9.17) is 9.84 Å². The van der Waals surface area contributed by atoms with Crippen molar-refractivity contribution in [3.63, 3.8) is 0 Å². The molecule has 0 unspecified atom stereocenters. The summed E-state index contributed by atoms with van der Waals surface area (Å²) in [6.45, 7) is 1.68. The van der Waals surface area contributed by atoms with Crippen LogP contribution >= 0.6 is 0 Å². The van der Waals surface area contributed by atoms with Crippen molar-refractivity contribution in [3.8, 4) is 0 Å². The molecule has 0 aromatic carbocycles. The number of rotatable bonds is 6. The van der Waals surface area contributed by atoms with Crippen LogP contribution in [0, 0.1) is 0 Å². The Kier molecular flexibility index (Phi) is 5.59. The van der Waals surface area contributed by atoms with E-state index in [-0.39, 0.29) is 24.5 Å². The molecule has 0 spiro atoms. The van der Waals surface area contributed by atoms with Gasteiger partial charge >= 0.3 is 12.0 Å². The third kappa shape index (κ3) is 4.02. The molecule has 10 heteroatoms. The molecule has 0 aliphatic heterocycles. The molecule has 3 N–H and O–H groups in total. The number of carboxylic acid groups (broad SMARTS) is 1. The Bertz CT molecular complexity index is 512. The van der Waals surface area contributed by atoms with Gasteiger partial charge in [-0.05, 0) is 6.92 Å². The second kappa shape index (κ2) is 7.19. The Labute approximate surface area is 114 Å². The zero-order valence-electron chi connectivity index (χ0n) is 11.0. The maximum atomic E-state index is 11.6. The van der Waals surface area contributed by atoms with Gasteiger partial charge in [0.05, 0.1) is 12.3 Å². The molecule has 1 heterocycles. The van der Waals surface area contributed by atoms with Gasteiger partial charge in [-0.2, -0.15) is 0 Å². The van der Waals surface area contributed by atoms with Crippen LogP contribution in [-0.4, -0.2) is 51.7 Å². The van der Waals surface area contributed by atoms with Gasteiger partial charge < -0.3 is 15.2 Å². The lowest BCUT2D eigenvalue weighted by molar-refractivity contribution is -0.120. The molecule has 0 saturated carbocycles. The van der Waals surface area contributed by atoms with E-state index in [1.807, 2.05) is 0 Å². The number of amides is 3. The van der Waals surface area contributed by atoms with Crippen LogP contribution in [0.1, 0.15) is 23.1 Å². The van der Waals surface area contributed by atoms with Crippen molar-refractivity contribution in [1.82, 2.24) is 25.6 Å². The number of hydrogen-bond donors (Lipinski definition) is 3. The minimum absolute atomic E-state index is 0.0664. The van der Waals surface area contributed by atoms with Crippen LogP contribution in [-0.2, 0) is 22.7 Å². The summed E-state index contributed by atoms with van der Waals surface area (Å²) in [5.41, 5.74) is -0.149. The largest absolute Gasteiger partial charge is 0.476 e. The van der Waals surface area contributed by atoms with E-state index in [1.54, 1.807) is 6.92 Å². The molecule has 1 aromatic rings. The molecule has 0 atom stereocenters. The number of aromatic carboxylic acids is 1. The topological polar surface area (TPSA) is 135 Å². The number of urea groups is 1. The van der Waals surface area contributed by atoms with Gasteiger partial charge in [0.1, 0.15) is 6.54 Å². The monoisotopic (exact) mass is 285 g/mol. The Morgan fingerprint density at radius 2 is 2.10 bits per heavy atom. The normalized spacial score (nSPS) is 10.1. The summed E-state index contributed by atoms with van der Waals surface area (Å²) in [7, 11) is 1.37. The number of aromatic nitrogens is 3. The third-order valence-corrected chi connectivity index (χ3v) is 2.20. The second-order valence-electron chi connectivity index (χ2n) is 3.69. The van der Waals surface area contributed by atoms with Crippen molar-refractivity contribution in [3.05, 3.63) is 11.4 Å². The third-order valence-electron chi connectivity index (χ3n) is 2.20. The fourth-order valence-electron chi connectivity index (χ4n) is 1.41. The lowest BCUT2D eigenvalue weighted by Crippen LogP contribution is -2.41. The van der Waals surface area contributed by atoms with Crippen LogP contribution in [0.4, 0.5) is 4.79 Å². The summed E-state index contributed by atoms with van der Waals surface area (Å²) in [4.78, 5) is 33.7. The Balaban J connectivity index is 2.79. The molecule has 0 fully saturated rings. The Morgan fingerprint density at radius 1 is 1.40 bits per heavy atom. The maximum absolute atomic E-state index is 11.6. The minimum Gasteiger partial charge on any atom is -0.476 e. The zero-order chi connectivity index (χ0) is 15.1. The van der Waals surface area contributed by atoms with Crippen molar-refractivity contribution in [1.29, 1.82) is 0 Å². The van der Waals surface area contributed by atoms with Gasteiger partial charge in [-0.3, -0.25) is 10.1 Å². The number of ether oxygens (including phenoxy) is 1. The highest BCUT2D eigenvalue weighted by Gasteiger charge is 2.20. The van der Waals surface area contributed by atoms with Gasteiger partial charge in [-0.15, -0.1) is 5.10 Å². The fourth-order valence-corrected chi connectivity index (χ4v) is 1.41. The molecule has 0 aliphatic carbocycles. The van der Waals surface area contributed by atoms with E-state index in [0.29, 0.717) is 6.54 Å². The minimum atomic E-state index is -1.27. The predicted molar refractivity (Wildman–Crippen MR) is 64.9 cm³/mol. The van der Waals surface area contributed by atoms with Gasteiger partial charge in [-0.25, -0.2) is 14.3 Å². The summed E-state index contributed by atoms with van der Waals surface area (Å²) in [5, 5.41) is 20.4. The van der Waals surface area contributed by atoms with Crippen molar-refractivity contribution < 1.29 is 24.2 Å². The lowest BCUT2D eigenvalue weighted by Gasteiger charge is -2.07. The lowest BCUT2D eigenvalue weighted by atomic mass is 10.3. The van der Waals surface area contributed by atoms with E-state index in [0.717, 1.165) is 4.68 Å². The highest BCUT2D eigenvalue weighted by atomic mass is 16.5. The standard InChI is InChI=1S/C10H15N5O5/c1-3-11-10(19)12-7(16)4-15-6(5-20-2)8(9(17)18)13-14-15/h3-5H2,1-2H3,(H,17,18)(H2,11,12,16,19). The van der Waals surface area contributed by atoms with Gasteiger partial charge in [0.15, 0.2) is 5.69 Å². The number of carbonyl (C=O) groups excluding carboxylic acids is 2. The van der Waals surface area contributed by atoms with Crippen LogP contribution in [0.2, 0.25) is 0 Å². The van der Waals surface area contributed by atoms with Gasteiger partial charge in [0.25, 0.3) is 0 Å². The summed E-state index contributed by atoms with van der Waals surface area (Å²) < 4.78 is 5.91. The highest BCUT2D eigenvalue weighted by molar-refractivity contribution is 5.94. The van der Waals surface area contributed by atoms with E-state index in [1.165, 1.54) is 7.11 Å². The maximum Gasteiger partial charge on any atom is 0.358 e. The number of carboxylic acids is 1. The first-order chi connectivity index (χ1) is 9.49. The molecular weight excluding hydrogens is 270 g/mol. The van der Waals surface area contributed by atoms with E-state index in [9.17, 15) is 14.4 Å². The van der Waals surface area contributed by atoms with Crippen LogP contribution in [0.5, 0.6) is 0 Å². The number of methoxy groups -OCH3 is 1. The number of imide groups is 1. The predicted octanol–water partition coefficient (Wildman–Crippen LogP) is -1.03. The molecule has 0 aliphatic rings. The first kappa shape index (κ1) is 15.6. The van der Waals surface area contributed by atoms with Gasteiger partial charge in [0.2, 0.25) is 5.91 Å². The highest BCUT2D eigenvalue weighted by Crippen LogP contribution is 2.07. The number of nitrogens with one attached hydrogen (secondary N) is 2. The second-order valence-corrected chi connectivity index (χ2v) is 3.69. The average molecular weight is 285 g/mol. The van der Waals surface area contributed by atoms with Crippen molar-refractivity contribution in [2.24, 2.45) is 0 Å². The summed E-state index contributed by atoms with van der Waals surface area (Å²) >= 11 is 0. The number of hydrogen-bond acceptors (Lipinski definition) is 6. The molecule has 110 valence electrons. The summed E-state index contributed by atoms with van der Waals surface area (Å²) in [6.07, 6.45) is 0. The molecule has 0 radical (unpaired) electrons. The fraction of sp³-hybridized carbons (Fsp3) is 0.500. The molecule has 1 rings (SSSR count). The smallest absolute Gasteiger partial charge is 0.358 e. The van der Waals surface area contributed by atoms with Gasteiger partial charge in [0, 0.05) is 13.7 Å². The molecule has 20 heavy (non-hydrogen) atoms. The molecule has 0 saturated heterocycles. The van der Waals surface area contributed by atoms with Crippen LogP contribution in [0.25, 0.3) is 0 Å². The molecule has 0 bridgehead atoms. The van der Waals surface area contributed by atoms with Crippen molar-refractivity contribution >= 4 is 17.9 Å². The van der Waals surface area contributed by atoms with E-state index in [2.05, 4.69) is 20.9 Å². The average Bonchev–Trinajstić information content (AvgIpc) is 2.73. The molecular formula is C10H15N5O5. The molecule has 10 nitrogen and oxygen atoms in total. The van der Waals surface area contributed by atoms with Crippen LogP contribution in [0.3, 0.4) is 0 Å².